The molecule has 1 aromatic heterocycles. The smallest absolute Gasteiger partial charge is 0.259 e. The van der Waals surface area contributed by atoms with E-state index >= 15 is 0 Å². The first-order valence-electron chi connectivity index (χ1n) is 10.4. The van der Waals surface area contributed by atoms with E-state index in [4.69, 9.17) is 0 Å². The third-order valence-corrected chi connectivity index (χ3v) is 5.86. The van der Waals surface area contributed by atoms with Crippen molar-refractivity contribution in [2.24, 2.45) is 0 Å². The molecule has 0 atom stereocenters. The molecule has 0 spiro atoms. The second-order valence-corrected chi connectivity index (χ2v) is 7.98. The van der Waals surface area contributed by atoms with Gasteiger partial charge >= 0.3 is 0 Å². The summed E-state index contributed by atoms with van der Waals surface area (Å²) in [6, 6.07) is 9.83. The Morgan fingerprint density at radius 1 is 1.12 bits per heavy atom. The lowest BCUT2D eigenvalue weighted by atomic mass is 9.90. The van der Waals surface area contributed by atoms with E-state index in [2.05, 4.69) is 10.3 Å². The maximum atomic E-state index is 14.6. The van der Waals surface area contributed by atoms with Crippen molar-refractivity contribution in [2.75, 3.05) is 18.5 Å². The number of fused-ring (bicyclic) bond motifs is 1. The van der Waals surface area contributed by atoms with Gasteiger partial charge in [-0.15, -0.1) is 0 Å². The molecule has 4 rings (SSSR count). The summed E-state index contributed by atoms with van der Waals surface area (Å²) in [6.07, 6.45) is 2.48. The van der Waals surface area contributed by atoms with Gasteiger partial charge < -0.3 is 5.32 Å². The number of hydrogen-bond acceptors (Lipinski definition) is 3. The lowest BCUT2D eigenvalue weighted by molar-refractivity contribution is 0.0956. The quantitative estimate of drug-likeness (QED) is 0.670. The Kier molecular flexibility index (Phi) is 5.74. The summed E-state index contributed by atoms with van der Waals surface area (Å²) < 4.78 is 29.0. The summed E-state index contributed by atoms with van der Waals surface area (Å²) in [4.78, 5) is 30.4. The van der Waals surface area contributed by atoms with Crippen molar-refractivity contribution in [3.05, 3.63) is 93.2 Å². The number of aryl methyl sites for hydroxylation is 2. The van der Waals surface area contributed by atoms with Crippen LogP contribution < -0.4 is 10.2 Å². The molecule has 1 aliphatic rings. The number of pyridine rings is 1. The van der Waals surface area contributed by atoms with Crippen LogP contribution in [0.2, 0.25) is 0 Å². The first-order valence-corrected chi connectivity index (χ1v) is 10.4. The van der Waals surface area contributed by atoms with Gasteiger partial charge in [-0.1, -0.05) is 12.1 Å². The van der Waals surface area contributed by atoms with Crippen LogP contribution in [0.1, 0.15) is 48.5 Å². The number of nitrogens with one attached hydrogen (secondary N) is 1. The molecular formula is C25H23F2N3O2. The number of benzene rings is 2. The summed E-state index contributed by atoms with van der Waals surface area (Å²) in [5, 5.41) is 2.41. The van der Waals surface area contributed by atoms with Crippen LogP contribution >= 0.6 is 0 Å². The fourth-order valence-electron chi connectivity index (χ4n) is 4.01. The van der Waals surface area contributed by atoms with Crippen molar-refractivity contribution < 1.29 is 18.4 Å². The van der Waals surface area contributed by atoms with Crippen LogP contribution in [0.3, 0.4) is 0 Å². The molecule has 1 N–H and O–H groups in total. The molecule has 0 saturated carbocycles. The average molecular weight is 435 g/mol. The zero-order valence-electron chi connectivity index (χ0n) is 18.1. The van der Waals surface area contributed by atoms with Gasteiger partial charge in [0.25, 0.3) is 11.8 Å². The highest BCUT2D eigenvalue weighted by Crippen LogP contribution is 2.29. The Morgan fingerprint density at radius 2 is 1.91 bits per heavy atom. The number of aromatic nitrogens is 1. The van der Waals surface area contributed by atoms with Gasteiger partial charge in [-0.05, 0) is 78.8 Å². The van der Waals surface area contributed by atoms with Gasteiger partial charge in [0, 0.05) is 25.4 Å². The van der Waals surface area contributed by atoms with E-state index < -0.39 is 17.5 Å². The lowest BCUT2D eigenvalue weighted by Gasteiger charge is -2.29. The van der Waals surface area contributed by atoms with E-state index in [1.54, 1.807) is 25.1 Å². The third-order valence-electron chi connectivity index (χ3n) is 5.86. The minimum atomic E-state index is -0.597. The van der Waals surface area contributed by atoms with E-state index in [0.29, 0.717) is 36.1 Å². The minimum absolute atomic E-state index is 0.0167. The fourth-order valence-corrected chi connectivity index (χ4v) is 4.01. The fraction of sp³-hybridized carbons (Fsp3) is 0.240. The number of hydrogen-bond donors (Lipinski definition) is 1. The highest BCUT2D eigenvalue weighted by atomic mass is 19.1. The van der Waals surface area contributed by atoms with Crippen LogP contribution in [0, 0.1) is 25.5 Å². The third kappa shape index (κ3) is 3.86. The predicted octanol–water partition coefficient (Wildman–Crippen LogP) is 4.13. The average Bonchev–Trinajstić information content (AvgIpc) is 2.77. The number of halogens is 2. The molecule has 0 bridgehead atoms. The molecule has 0 fully saturated rings. The van der Waals surface area contributed by atoms with Gasteiger partial charge in [-0.3, -0.25) is 14.5 Å². The van der Waals surface area contributed by atoms with Crippen molar-refractivity contribution in [1.29, 1.82) is 0 Å². The highest BCUT2D eigenvalue weighted by molar-refractivity contribution is 6.08. The number of nitrogens with zero attached hydrogens (tertiary/aromatic N) is 2. The number of carbonyl (C=O) groups is 2. The van der Waals surface area contributed by atoms with Gasteiger partial charge in [0.1, 0.15) is 5.82 Å². The molecule has 2 heterocycles. The predicted molar refractivity (Wildman–Crippen MR) is 118 cm³/mol. The Labute approximate surface area is 185 Å². The molecule has 5 nitrogen and oxygen atoms in total. The summed E-state index contributed by atoms with van der Waals surface area (Å²) in [5.74, 6) is -1.84. The van der Waals surface area contributed by atoms with Crippen LogP contribution in [0.5, 0.6) is 0 Å². The summed E-state index contributed by atoms with van der Waals surface area (Å²) in [5.41, 5.74) is 4.36. The van der Waals surface area contributed by atoms with Crippen LogP contribution in [0.25, 0.3) is 0 Å². The summed E-state index contributed by atoms with van der Waals surface area (Å²) >= 11 is 0. The molecule has 0 aliphatic carbocycles. The SMILES string of the molecule is CNC(=O)c1ccc(Cc2cc3c(cc2C)CCN(c2nccc(C)c2F)C3=O)cc1F. The highest BCUT2D eigenvalue weighted by Gasteiger charge is 2.29. The number of rotatable bonds is 4. The Hall–Kier alpha value is -3.61. The lowest BCUT2D eigenvalue weighted by Crippen LogP contribution is -2.39. The van der Waals surface area contributed by atoms with Gasteiger partial charge in [0.05, 0.1) is 5.56 Å². The van der Waals surface area contributed by atoms with E-state index in [9.17, 15) is 18.4 Å². The topological polar surface area (TPSA) is 62.3 Å². The number of amides is 2. The van der Waals surface area contributed by atoms with Crippen molar-refractivity contribution in [1.82, 2.24) is 10.3 Å². The van der Waals surface area contributed by atoms with E-state index in [-0.39, 0.29) is 17.3 Å². The van der Waals surface area contributed by atoms with Crippen LogP contribution in [-0.2, 0) is 12.8 Å². The normalized spacial score (nSPS) is 13.2. The number of carbonyl (C=O) groups excluding carboxylic acids is 2. The van der Waals surface area contributed by atoms with Crippen molar-refractivity contribution in [3.63, 3.8) is 0 Å². The second-order valence-electron chi connectivity index (χ2n) is 7.98. The summed E-state index contributed by atoms with van der Waals surface area (Å²) in [6.45, 7) is 3.94. The molecule has 32 heavy (non-hydrogen) atoms. The molecule has 2 aromatic carbocycles. The maximum absolute atomic E-state index is 14.6. The van der Waals surface area contributed by atoms with E-state index in [0.717, 1.165) is 16.7 Å². The van der Waals surface area contributed by atoms with Crippen molar-refractivity contribution in [2.45, 2.75) is 26.7 Å². The minimum Gasteiger partial charge on any atom is -0.355 e. The van der Waals surface area contributed by atoms with Gasteiger partial charge in [0.15, 0.2) is 11.6 Å². The molecule has 0 unspecified atom stereocenters. The Balaban J connectivity index is 1.66. The zero-order chi connectivity index (χ0) is 23.0. The van der Waals surface area contributed by atoms with Gasteiger partial charge in [-0.2, -0.15) is 0 Å². The van der Waals surface area contributed by atoms with Gasteiger partial charge in [0.2, 0.25) is 0 Å². The van der Waals surface area contributed by atoms with Crippen LogP contribution in [0.15, 0.2) is 42.6 Å². The van der Waals surface area contributed by atoms with Crippen LogP contribution in [0.4, 0.5) is 14.6 Å². The Morgan fingerprint density at radius 3 is 2.62 bits per heavy atom. The largest absolute Gasteiger partial charge is 0.355 e. The van der Waals surface area contributed by atoms with Crippen LogP contribution in [-0.4, -0.2) is 30.4 Å². The zero-order valence-corrected chi connectivity index (χ0v) is 18.1. The molecule has 7 heteroatoms. The first-order chi connectivity index (χ1) is 15.3. The summed E-state index contributed by atoms with van der Waals surface area (Å²) in [7, 11) is 1.45. The Bertz CT molecular complexity index is 1240. The molecule has 0 radical (unpaired) electrons. The van der Waals surface area contributed by atoms with Gasteiger partial charge in [-0.25, -0.2) is 13.8 Å². The molecule has 0 saturated heterocycles. The first kappa shape index (κ1) is 21.6. The molecular weight excluding hydrogens is 412 g/mol. The standard InChI is InChI=1S/C25H23F2N3O2/c1-14-6-8-29-23(22(14)27)30-9-7-17-10-15(2)18(13-20(17)25(30)32)11-16-4-5-19(21(26)12-16)24(31)28-3/h4-6,8,10,12-13H,7,9,11H2,1-3H3,(H,28,31). The molecule has 2 amide bonds. The van der Waals surface area contributed by atoms with Crippen molar-refractivity contribution >= 4 is 17.6 Å². The second kappa shape index (κ2) is 8.49. The van der Waals surface area contributed by atoms with E-state index in [1.807, 2.05) is 13.0 Å². The molecule has 1 aliphatic heterocycles. The maximum Gasteiger partial charge on any atom is 0.259 e. The van der Waals surface area contributed by atoms with Crippen molar-refractivity contribution in [3.8, 4) is 0 Å². The van der Waals surface area contributed by atoms with E-state index in [1.165, 1.54) is 30.3 Å². The molecule has 3 aromatic rings. The molecule has 164 valence electrons. The number of anilines is 1. The monoisotopic (exact) mass is 435 g/mol.